The van der Waals surface area contributed by atoms with Gasteiger partial charge >= 0.3 is 0 Å². The second-order valence-electron chi connectivity index (χ2n) is 3.78. The highest BCUT2D eigenvalue weighted by atomic mass is 15.3. The summed E-state index contributed by atoms with van der Waals surface area (Å²) in [5.41, 5.74) is 6.68. The highest BCUT2D eigenvalue weighted by Gasteiger charge is 1.96. The van der Waals surface area contributed by atoms with Crippen molar-refractivity contribution in [3.8, 4) is 0 Å². The van der Waals surface area contributed by atoms with E-state index in [1.165, 1.54) is 5.56 Å². The maximum atomic E-state index is 5.42. The van der Waals surface area contributed by atoms with Crippen molar-refractivity contribution in [1.82, 2.24) is 15.1 Å². The Hall–Kier alpha value is -0.870. The molecule has 0 saturated carbocycles. The van der Waals surface area contributed by atoms with E-state index in [-0.39, 0.29) is 0 Å². The average molecular weight is 210 g/mol. The SMILES string of the molecule is CCCn1cc(CNCCCCN)cn1. The van der Waals surface area contributed by atoms with Crippen molar-refractivity contribution in [2.75, 3.05) is 13.1 Å². The van der Waals surface area contributed by atoms with Crippen LogP contribution in [0.25, 0.3) is 0 Å². The van der Waals surface area contributed by atoms with Gasteiger partial charge in [0.05, 0.1) is 6.20 Å². The Morgan fingerprint density at radius 3 is 3.07 bits per heavy atom. The molecule has 15 heavy (non-hydrogen) atoms. The average Bonchev–Trinajstić information content (AvgIpc) is 2.66. The van der Waals surface area contributed by atoms with Crippen molar-refractivity contribution >= 4 is 0 Å². The van der Waals surface area contributed by atoms with Gasteiger partial charge in [0.25, 0.3) is 0 Å². The third-order valence-corrected chi connectivity index (χ3v) is 2.28. The maximum Gasteiger partial charge on any atom is 0.0534 e. The number of nitrogens with one attached hydrogen (secondary N) is 1. The monoisotopic (exact) mass is 210 g/mol. The number of aryl methyl sites for hydroxylation is 1. The van der Waals surface area contributed by atoms with Gasteiger partial charge in [0.1, 0.15) is 0 Å². The Kier molecular flexibility index (Phi) is 6.04. The molecule has 4 heteroatoms. The van der Waals surface area contributed by atoms with Crippen LogP contribution in [-0.4, -0.2) is 22.9 Å². The first kappa shape index (κ1) is 12.2. The molecular formula is C11H22N4. The quantitative estimate of drug-likeness (QED) is 0.632. The summed E-state index contributed by atoms with van der Waals surface area (Å²) in [6, 6.07) is 0. The molecule has 4 nitrogen and oxygen atoms in total. The lowest BCUT2D eigenvalue weighted by molar-refractivity contribution is 0.599. The molecule has 0 bridgehead atoms. The second-order valence-corrected chi connectivity index (χ2v) is 3.78. The van der Waals surface area contributed by atoms with E-state index in [1.54, 1.807) is 0 Å². The van der Waals surface area contributed by atoms with Crippen LogP contribution in [0.1, 0.15) is 31.7 Å². The van der Waals surface area contributed by atoms with E-state index in [1.807, 2.05) is 10.9 Å². The Morgan fingerprint density at radius 1 is 1.47 bits per heavy atom. The number of hydrogen-bond donors (Lipinski definition) is 2. The number of unbranched alkanes of at least 4 members (excludes halogenated alkanes) is 1. The van der Waals surface area contributed by atoms with Gasteiger partial charge in [-0.2, -0.15) is 5.10 Å². The highest BCUT2D eigenvalue weighted by molar-refractivity contribution is 5.03. The fraction of sp³-hybridized carbons (Fsp3) is 0.727. The molecule has 1 aromatic rings. The fourth-order valence-electron chi connectivity index (χ4n) is 1.48. The molecule has 1 heterocycles. The maximum absolute atomic E-state index is 5.42. The van der Waals surface area contributed by atoms with E-state index in [0.29, 0.717) is 0 Å². The fourth-order valence-corrected chi connectivity index (χ4v) is 1.48. The minimum atomic E-state index is 0.788. The molecule has 0 saturated heterocycles. The minimum absolute atomic E-state index is 0.788. The van der Waals surface area contributed by atoms with Gasteiger partial charge in [-0.1, -0.05) is 6.92 Å². The predicted octanol–water partition coefficient (Wildman–Crippen LogP) is 1.12. The van der Waals surface area contributed by atoms with Gasteiger partial charge < -0.3 is 11.1 Å². The minimum Gasteiger partial charge on any atom is -0.330 e. The number of nitrogens with two attached hydrogens (primary N) is 1. The van der Waals surface area contributed by atoms with Crippen LogP contribution in [0.2, 0.25) is 0 Å². The molecule has 1 aromatic heterocycles. The van der Waals surface area contributed by atoms with E-state index in [4.69, 9.17) is 5.73 Å². The van der Waals surface area contributed by atoms with Gasteiger partial charge in [-0.25, -0.2) is 0 Å². The lowest BCUT2D eigenvalue weighted by Gasteiger charge is -2.01. The van der Waals surface area contributed by atoms with Crippen LogP contribution in [0.3, 0.4) is 0 Å². The summed E-state index contributed by atoms with van der Waals surface area (Å²) >= 11 is 0. The third-order valence-electron chi connectivity index (χ3n) is 2.28. The van der Waals surface area contributed by atoms with E-state index < -0.39 is 0 Å². The molecule has 1 rings (SSSR count). The van der Waals surface area contributed by atoms with E-state index in [0.717, 1.165) is 45.4 Å². The van der Waals surface area contributed by atoms with Crippen LogP contribution in [0.5, 0.6) is 0 Å². The van der Waals surface area contributed by atoms with Gasteiger partial charge in [0.15, 0.2) is 0 Å². The molecule has 3 N–H and O–H groups in total. The zero-order chi connectivity index (χ0) is 10.9. The topological polar surface area (TPSA) is 55.9 Å². The van der Waals surface area contributed by atoms with Crippen LogP contribution in [-0.2, 0) is 13.1 Å². The second kappa shape index (κ2) is 7.43. The number of rotatable bonds is 8. The van der Waals surface area contributed by atoms with Gasteiger partial charge in [-0.15, -0.1) is 0 Å². The zero-order valence-electron chi connectivity index (χ0n) is 9.58. The summed E-state index contributed by atoms with van der Waals surface area (Å²) in [6.45, 7) is 5.90. The van der Waals surface area contributed by atoms with Crippen LogP contribution in [0.4, 0.5) is 0 Å². The first-order chi connectivity index (χ1) is 7.36. The van der Waals surface area contributed by atoms with Crippen molar-refractivity contribution in [2.45, 2.75) is 39.3 Å². The summed E-state index contributed by atoms with van der Waals surface area (Å²) in [4.78, 5) is 0. The van der Waals surface area contributed by atoms with Gasteiger partial charge in [0, 0.05) is 24.8 Å². The van der Waals surface area contributed by atoms with Crippen molar-refractivity contribution in [1.29, 1.82) is 0 Å². The van der Waals surface area contributed by atoms with E-state index in [2.05, 4.69) is 23.5 Å². The summed E-state index contributed by atoms with van der Waals surface area (Å²) < 4.78 is 2.00. The summed E-state index contributed by atoms with van der Waals surface area (Å²) in [6.07, 6.45) is 7.43. The molecule has 0 unspecified atom stereocenters. The van der Waals surface area contributed by atoms with Crippen molar-refractivity contribution in [2.24, 2.45) is 5.73 Å². The molecule has 0 aliphatic rings. The standard InChI is InChI=1S/C11H22N4/c1-2-7-15-10-11(9-14-15)8-13-6-4-3-5-12/h9-10,13H,2-8,12H2,1H3. The van der Waals surface area contributed by atoms with Crippen LogP contribution < -0.4 is 11.1 Å². The molecule has 86 valence electrons. The first-order valence-corrected chi connectivity index (χ1v) is 5.79. The lowest BCUT2D eigenvalue weighted by atomic mass is 10.3. The molecule has 0 amide bonds. The molecular weight excluding hydrogens is 188 g/mol. The molecule has 0 aliphatic carbocycles. The summed E-state index contributed by atoms with van der Waals surface area (Å²) in [5.74, 6) is 0. The Labute approximate surface area is 91.8 Å². The molecule has 0 spiro atoms. The van der Waals surface area contributed by atoms with Crippen LogP contribution >= 0.6 is 0 Å². The number of nitrogens with zero attached hydrogens (tertiary/aromatic N) is 2. The van der Waals surface area contributed by atoms with Gasteiger partial charge in [-0.3, -0.25) is 4.68 Å². The molecule has 0 atom stereocenters. The normalized spacial score (nSPS) is 10.8. The summed E-state index contributed by atoms with van der Waals surface area (Å²) in [7, 11) is 0. The van der Waals surface area contributed by atoms with Gasteiger partial charge in [0.2, 0.25) is 0 Å². The van der Waals surface area contributed by atoms with Crippen molar-refractivity contribution in [3.63, 3.8) is 0 Å². The van der Waals surface area contributed by atoms with Crippen LogP contribution in [0, 0.1) is 0 Å². The smallest absolute Gasteiger partial charge is 0.0534 e. The zero-order valence-corrected chi connectivity index (χ0v) is 9.58. The third kappa shape index (κ3) is 4.95. The number of aromatic nitrogens is 2. The van der Waals surface area contributed by atoms with Crippen LogP contribution in [0.15, 0.2) is 12.4 Å². The predicted molar refractivity (Wildman–Crippen MR) is 62.5 cm³/mol. The molecule has 0 aromatic carbocycles. The molecule has 0 fully saturated rings. The van der Waals surface area contributed by atoms with Gasteiger partial charge in [-0.05, 0) is 32.4 Å². The Morgan fingerprint density at radius 2 is 2.33 bits per heavy atom. The first-order valence-electron chi connectivity index (χ1n) is 5.79. The van der Waals surface area contributed by atoms with E-state index >= 15 is 0 Å². The van der Waals surface area contributed by atoms with Crippen molar-refractivity contribution < 1.29 is 0 Å². The largest absolute Gasteiger partial charge is 0.330 e. The molecule has 0 aliphatic heterocycles. The molecule has 0 radical (unpaired) electrons. The number of hydrogen-bond acceptors (Lipinski definition) is 3. The Balaban J connectivity index is 2.14. The lowest BCUT2D eigenvalue weighted by Crippen LogP contribution is -2.15. The Bertz CT molecular complexity index is 257. The highest BCUT2D eigenvalue weighted by Crippen LogP contribution is 1.98. The van der Waals surface area contributed by atoms with Crippen molar-refractivity contribution in [3.05, 3.63) is 18.0 Å². The summed E-state index contributed by atoms with van der Waals surface area (Å²) in [5, 5.41) is 7.66. The van der Waals surface area contributed by atoms with E-state index in [9.17, 15) is 0 Å².